The Bertz CT molecular complexity index is 793. The maximum atomic E-state index is 12.4. The number of pyridine rings is 1. The zero-order valence-corrected chi connectivity index (χ0v) is 15.7. The molecule has 0 saturated carbocycles. The monoisotopic (exact) mass is 359 g/mol. The number of carbonyl (C=O) groups is 2. The van der Waals surface area contributed by atoms with E-state index in [1.54, 1.807) is 6.08 Å². The van der Waals surface area contributed by atoms with Gasteiger partial charge in [0.05, 0.1) is 12.8 Å². The highest BCUT2D eigenvalue weighted by Gasteiger charge is 2.65. The molecule has 6 nitrogen and oxygen atoms in total. The van der Waals surface area contributed by atoms with E-state index in [9.17, 15) is 19.8 Å². The third kappa shape index (κ3) is 3.10. The molecule has 0 fully saturated rings. The number of carbonyl (C=O) groups excluding carboxylic acids is 2. The summed E-state index contributed by atoms with van der Waals surface area (Å²) in [6.45, 7) is 7.29. The number of fused-ring (bicyclic) bond motifs is 1. The van der Waals surface area contributed by atoms with Gasteiger partial charge in [0, 0.05) is 17.3 Å². The minimum Gasteiger partial charge on any atom is -0.467 e. The summed E-state index contributed by atoms with van der Waals surface area (Å²) in [6, 6.07) is 1.43. The number of hydrogen-bond acceptors (Lipinski definition) is 6. The maximum absolute atomic E-state index is 12.4. The summed E-state index contributed by atoms with van der Waals surface area (Å²) >= 11 is 0. The second kappa shape index (κ2) is 7.13. The average molecular weight is 359 g/mol. The number of allylic oxidation sites excluding steroid dienone is 3. The first kappa shape index (κ1) is 20.0. The number of rotatable bonds is 5. The number of ether oxygens (including phenoxy) is 1. The van der Waals surface area contributed by atoms with Gasteiger partial charge in [-0.2, -0.15) is 0 Å². The lowest BCUT2D eigenvalue weighted by Gasteiger charge is -2.31. The fourth-order valence-electron chi connectivity index (χ4n) is 3.03. The van der Waals surface area contributed by atoms with Crippen molar-refractivity contribution in [3.05, 3.63) is 46.8 Å². The number of Topliss-reactive ketones (excluding diaryl/α,β-unsaturated/α-hetero) is 1. The molecule has 1 heterocycles. The lowest BCUT2D eigenvalue weighted by atomic mass is 9.84. The topological polar surface area (TPSA) is 96.7 Å². The van der Waals surface area contributed by atoms with Gasteiger partial charge in [-0.25, -0.2) is 4.79 Å². The van der Waals surface area contributed by atoms with Crippen molar-refractivity contribution in [2.45, 2.75) is 45.3 Å². The molecule has 0 aliphatic heterocycles. The molecule has 1 aromatic heterocycles. The SMILES string of the molecule is CC[C@H](C)/C=C(C)/C=C/c1cc2c(cn1)C(=O)[C@@](C)(O)[C@]2(O)C(=O)OC. The molecule has 0 spiro atoms. The molecule has 0 amide bonds. The van der Waals surface area contributed by atoms with Gasteiger partial charge in [-0.15, -0.1) is 0 Å². The van der Waals surface area contributed by atoms with Crippen LogP contribution in [0.5, 0.6) is 0 Å². The van der Waals surface area contributed by atoms with Crippen molar-refractivity contribution in [2.75, 3.05) is 7.11 Å². The van der Waals surface area contributed by atoms with Gasteiger partial charge in [0.1, 0.15) is 0 Å². The van der Waals surface area contributed by atoms with Crippen molar-refractivity contribution in [3.63, 3.8) is 0 Å². The van der Waals surface area contributed by atoms with Crippen LogP contribution in [0.25, 0.3) is 6.08 Å². The maximum Gasteiger partial charge on any atom is 0.346 e. The highest BCUT2D eigenvalue weighted by molar-refractivity contribution is 6.13. The Morgan fingerprint density at radius 3 is 2.65 bits per heavy atom. The van der Waals surface area contributed by atoms with E-state index < -0.39 is 23.0 Å². The standard InChI is InChI=1S/C20H25NO5/c1-6-12(2)9-13(3)7-8-14-10-16-15(11-21-14)17(22)19(4,24)20(16,25)18(23)26-5/h7-12,24-25H,6H2,1-5H3/b8-7+,13-9+/t12-,19+,20+/m0/s1. The van der Waals surface area contributed by atoms with Crippen LogP contribution in [0.15, 0.2) is 30.0 Å². The molecule has 3 atom stereocenters. The van der Waals surface area contributed by atoms with Crippen LogP contribution in [0.3, 0.4) is 0 Å². The predicted molar refractivity (Wildman–Crippen MR) is 97.4 cm³/mol. The van der Waals surface area contributed by atoms with Gasteiger partial charge < -0.3 is 14.9 Å². The molecule has 0 saturated heterocycles. The fourth-order valence-corrected chi connectivity index (χ4v) is 3.03. The summed E-state index contributed by atoms with van der Waals surface area (Å²) in [5.74, 6) is -1.41. The Balaban J connectivity index is 2.48. The van der Waals surface area contributed by atoms with Crippen LogP contribution in [0.4, 0.5) is 0 Å². The largest absolute Gasteiger partial charge is 0.467 e. The van der Waals surface area contributed by atoms with E-state index in [-0.39, 0.29) is 11.1 Å². The van der Waals surface area contributed by atoms with E-state index in [0.29, 0.717) is 11.6 Å². The third-order valence-electron chi connectivity index (χ3n) is 4.90. The van der Waals surface area contributed by atoms with Crippen molar-refractivity contribution in [1.29, 1.82) is 0 Å². The molecule has 2 rings (SSSR count). The fraction of sp³-hybridized carbons (Fsp3) is 0.450. The van der Waals surface area contributed by atoms with Gasteiger partial charge in [-0.05, 0) is 31.9 Å². The van der Waals surface area contributed by atoms with Crippen LogP contribution >= 0.6 is 0 Å². The van der Waals surface area contributed by atoms with Gasteiger partial charge >= 0.3 is 5.97 Å². The first-order valence-corrected chi connectivity index (χ1v) is 8.54. The van der Waals surface area contributed by atoms with E-state index in [1.807, 2.05) is 13.0 Å². The Morgan fingerprint density at radius 1 is 1.42 bits per heavy atom. The Kier molecular flexibility index (Phi) is 5.49. The van der Waals surface area contributed by atoms with Crippen molar-refractivity contribution >= 4 is 17.8 Å². The molecule has 1 aliphatic rings. The highest BCUT2D eigenvalue weighted by Crippen LogP contribution is 2.45. The molecule has 140 valence electrons. The average Bonchev–Trinajstić information content (AvgIpc) is 2.77. The van der Waals surface area contributed by atoms with Crippen LogP contribution in [0.1, 0.15) is 55.7 Å². The van der Waals surface area contributed by atoms with E-state index in [4.69, 9.17) is 0 Å². The summed E-state index contributed by atoms with van der Waals surface area (Å²) in [4.78, 5) is 28.7. The van der Waals surface area contributed by atoms with Gasteiger partial charge in [0.15, 0.2) is 11.4 Å². The number of aromatic nitrogens is 1. The Morgan fingerprint density at radius 2 is 2.08 bits per heavy atom. The number of methoxy groups -OCH3 is 1. The van der Waals surface area contributed by atoms with Crippen LogP contribution in [-0.2, 0) is 15.1 Å². The number of hydrogen-bond donors (Lipinski definition) is 2. The Hall–Kier alpha value is -2.31. The second-order valence-corrected chi connectivity index (χ2v) is 6.89. The van der Waals surface area contributed by atoms with Crippen molar-refractivity contribution in [1.82, 2.24) is 4.98 Å². The van der Waals surface area contributed by atoms with E-state index >= 15 is 0 Å². The molecule has 0 bridgehead atoms. The Labute approximate surface area is 153 Å². The molecule has 2 N–H and O–H groups in total. The first-order chi connectivity index (χ1) is 12.1. The van der Waals surface area contributed by atoms with Crippen molar-refractivity contribution in [3.8, 4) is 0 Å². The quantitative estimate of drug-likeness (QED) is 0.619. The minimum atomic E-state index is -2.47. The smallest absolute Gasteiger partial charge is 0.346 e. The summed E-state index contributed by atoms with van der Waals surface area (Å²) < 4.78 is 4.62. The summed E-state index contributed by atoms with van der Waals surface area (Å²) in [5.41, 5.74) is -3.29. The van der Waals surface area contributed by atoms with Gasteiger partial charge in [0.25, 0.3) is 0 Å². The van der Waals surface area contributed by atoms with Crippen LogP contribution in [0.2, 0.25) is 0 Å². The summed E-state index contributed by atoms with van der Waals surface area (Å²) in [6.07, 6.45) is 8.02. The predicted octanol–water partition coefficient (Wildman–Crippen LogP) is 2.40. The number of nitrogens with zero attached hydrogens (tertiary/aromatic N) is 1. The minimum absolute atomic E-state index is 0.00226. The highest BCUT2D eigenvalue weighted by atomic mass is 16.5. The number of esters is 1. The second-order valence-electron chi connectivity index (χ2n) is 6.89. The molecule has 0 unspecified atom stereocenters. The van der Waals surface area contributed by atoms with Gasteiger partial charge in [-0.1, -0.05) is 38.0 Å². The molecule has 1 aliphatic carbocycles. The summed E-state index contributed by atoms with van der Waals surface area (Å²) in [7, 11) is 1.09. The zero-order valence-electron chi connectivity index (χ0n) is 15.7. The van der Waals surface area contributed by atoms with Crippen LogP contribution in [0, 0.1) is 5.92 Å². The number of ketones is 1. The van der Waals surface area contributed by atoms with Crippen LogP contribution < -0.4 is 0 Å². The van der Waals surface area contributed by atoms with Crippen molar-refractivity contribution in [2.24, 2.45) is 5.92 Å². The van der Waals surface area contributed by atoms with Crippen LogP contribution in [-0.4, -0.2) is 39.7 Å². The molecular weight excluding hydrogens is 334 g/mol. The normalized spacial score (nSPS) is 26.9. The summed E-state index contributed by atoms with van der Waals surface area (Å²) in [5, 5.41) is 21.3. The van der Waals surface area contributed by atoms with Gasteiger partial charge in [-0.3, -0.25) is 9.78 Å². The third-order valence-corrected chi connectivity index (χ3v) is 4.90. The molecule has 26 heavy (non-hydrogen) atoms. The molecule has 1 aromatic rings. The van der Waals surface area contributed by atoms with E-state index in [2.05, 4.69) is 29.6 Å². The lowest BCUT2D eigenvalue weighted by Crippen LogP contribution is -2.55. The number of aliphatic hydroxyl groups is 2. The molecule has 6 heteroatoms. The molecule has 0 radical (unpaired) electrons. The zero-order chi connectivity index (χ0) is 19.7. The molecule has 0 aromatic carbocycles. The molecular formula is C20H25NO5. The lowest BCUT2D eigenvalue weighted by molar-refractivity contribution is -0.184. The van der Waals surface area contributed by atoms with E-state index in [1.165, 1.54) is 12.3 Å². The van der Waals surface area contributed by atoms with Crippen molar-refractivity contribution < 1.29 is 24.5 Å². The van der Waals surface area contributed by atoms with E-state index in [0.717, 1.165) is 26.0 Å². The van der Waals surface area contributed by atoms with Gasteiger partial charge in [0.2, 0.25) is 5.60 Å². The first-order valence-electron chi connectivity index (χ1n) is 8.54.